The molecular weight excluding hydrogens is 288 g/mol. The highest BCUT2D eigenvalue weighted by Crippen LogP contribution is 2.46. The predicted octanol–water partition coefficient (Wildman–Crippen LogP) is 4.85. The molecule has 0 bridgehead atoms. The Morgan fingerprint density at radius 3 is 2.78 bits per heavy atom. The highest BCUT2D eigenvalue weighted by molar-refractivity contribution is 9.09. The second-order valence-corrected chi connectivity index (χ2v) is 6.65. The predicted molar refractivity (Wildman–Crippen MR) is 83.1 cm³/mol. The molecule has 1 aliphatic rings. The van der Waals surface area contributed by atoms with Crippen LogP contribution in [0, 0.1) is 11.3 Å². The molecule has 0 amide bonds. The third-order valence-corrected chi connectivity index (χ3v) is 4.85. The summed E-state index contributed by atoms with van der Waals surface area (Å²) in [6, 6.07) is 0. The normalized spacial score (nSPS) is 23.9. The fraction of sp³-hybridized carbons (Fsp3) is 0.750. The van der Waals surface area contributed by atoms with Crippen molar-refractivity contribution in [2.24, 2.45) is 11.3 Å². The van der Waals surface area contributed by atoms with E-state index in [2.05, 4.69) is 48.9 Å². The van der Waals surface area contributed by atoms with Crippen LogP contribution in [0.4, 0.5) is 0 Å². The van der Waals surface area contributed by atoms with Gasteiger partial charge in [-0.2, -0.15) is 0 Å². The summed E-state index contributed by atoms with van der Waals surface area (Å²) in [6.07, 6.45) is 10.4. The number of allylic oxidation sites excluding steroid dienone is 3. The fourth-order valence-corrected chi connectivity index (χ4v) is 3.42. The van der Waals surface area contributed by atoms with E-state index in [1.54, 1.807) is 0 Å². The Balaban J connectivity index is 2.75. The van der Waals surface area contributed by atoms with Crippen LogP contribution in [0.25, 0.3) is 0 Å². The van der Waals surface area contributed by atoms with Gasteiger partial charge < -0.3 is 5.11 Å². The Hall–Kier alpha value is -0.0800. The minimum absolute atomic E-state index is 0.204. The SMILES string of the molecule is CC1=C(CCO)C(C)(C)C(/C=C\CCCBr)CC1. The van der Waals surface area contributed by atoms with E-state index in [9.17, 15) is 5.11 Å². The first kappa shape index (κ1) is 16.0. The van der Waals surface area contributed by atoms with Crippen molar-refractivity contribution in [1.82, 2.24) is 0 Å². The molecular formula is C16H27BrO. The van der Waals surface area contributed by atoms with Gasteiger partial charge in [-0.3, -0.25) is 0 Å². The maximum Gasteiger partial charge on any atom is 0.0468 e. The average molecular weight is 315 g/mol. The van der Waals surface area contributed by atoms with Crippen molar-refractivity contribution >= 4 is 15.9 Å². The van der Waals surface area contributed by atoms with Crippen LogP contribution in [0.2, 0.25) is 0 Å². The number of halogens is 1. The van der Waals surface area contributed by atoms with Crippen LogP contribution in [0.5, 0.6) is 0 Å². The molecule has 0 spiro atoms. The van der Waals surface area contributed by atoms with Gasteiger partial charge >= 0.3 is 0 Å². The molecule has 0 aromatic carbocycles. The van der Waals surface area contributed by atoms with Crippen LogP contribution in [0.3, 0.4) is 0 Å². The molecule has 1 nitrogen and oxygen atoms in total. The Morgan fingerprint density at radius 2 is 2.17 bits per heavy atom. The van der Waals surface area contributed by atoms with E-state index in [4.69, 9.17) is 0 Å². The molecule has 0 saturated heterocycles. The lowest BCUT2D eigenvalue weighted by Gasteiger charge is -2.40. The number of rotatable bonds is 6. The summed E-state index contributed by atoms with van der Waals surface area (Å²) in [7, 11) is 0. The number of unbranched alkanes of at least 4 members (excludes halogenated alkanes) is 1. The van der Waals surface area contributed by atoms with Gasteiger partial charge in [0, 0.05) is 11.9 Å². The van der Waals surface area contributed by atoms with E-state index < -0.39 is 0 Å². The van der Waals surface area contributed by atoms with Gasteiger partial charge in [-0.05, 0) is 50.4 Å². The molecule has 0 aromatic rings. The third kappa shape index (κ3) is 3.96. The van der Waals surface area contributed by atoms with Crippen LogP contribution in [0.15, 0.2) is 23.3 Å². The van der Waals surface area contributed by atoms with Gasteiger partial charge in [0.15, 0.2) is 0 Å². The number of aliphatic hydroxyl groups excluding tert-OH is 1. The van der Waals surface area contributed by atoms with Crippen molar-refractivity contribution in [2.75, 3.05) is 11.9 Å². The number of hydrogen-bond acceptors (Lipinski definition) is 1. The summed E-state index contributed by atoms with van der Waals surface area (Å²) in [5, 5.41) is 10.3. The highest BCUT2D eigenvalue weighted by Gasteiger charge is 2.35. The first-order chi connectivity index (χ1) is 8.54. The highest BCUT2D eigenvalue weighted by atomic mass is 79.9. The Morgan fingerprint density at radius 1 is 1.44 bits per heavy atom. The second-order valence-electron chi connectivity index (χ2n) is 5.86. The summed E-state index contributed by atoms with van der Waals surface area (Å²) in [4.78, 5) is 0. The summed E-state index contributed by atoms with van der Waals surface area (Å²) in [6.45, 7) is 7.17. The molecule has 1 rings (SSSR count). The van der Waals surface area contributed by atoms with Crippen LogP contribution in [-0.2, 0) is 0 Å². The Labute approximate surface area is 120 Å². The first-order valence-electron chi connectivity index (χ1n) is 7.06. The summed E-state index contributed by atoms with van der Waals surface area (Å²) < 4.78 is 0. The molecule has 2 heteroatoms. The van der Waals surface area contributed by atoms with E-state index >= 15 is 0 Å². The molecule has 0 aromatic heterocycles. The van der Waals surface area contributed by atoms with E-state index in [0.717, 1.165) is 18.2 Å². The van der Waals surface area contributed by atoms with E-state index in [0.29, 0.717) is 5.92 Å². The Bertz CT molecular complexity index is 315. The van der Waals surface area contributed by atoms with E-state index in [1.807, 2.05) is 0 Å². The van der Waals surface area contributed by atoms with Gasteiger partial charge in [-0.1, -0.05) is 53.1 Å². The molecule has 0 saturated carbocycles. The molecule has 0 heterocycles. The van der Waals surface area contributed by atoms with Gasteiger partial charge in [0.25, 0.3) is 0 Å². The molecule has 104 valence electrons. The van der Waals surface area contributed by atoms with Gasteiger partial charge in [0.1, 0.15) is 0 Å². The molecule has 0 aliphatic heterocycles. The molecule has 0 radical (unpaired) electrons. The maximum atomic E-state index is 9.24. The number of aliphatic hydroxyl groups is 1. The van der Waals surface area contributed by atoms with Crippen LogP contribution < -0.4 is 0 Å². The molecule has 1 N–H and O–H groups in total. The zero-order valence-corrected chi connectivity index (χ0v) is 13.6. The summed E-state index contributed by atoms with van der Waals surface area (Å²) in [5.41, 5.74) is 3.18. The quantitative estimate of drug-likeness (QED) is 0.422. The summed E-state index contributed by atoms with van der Waals surface area (Å²) >= 11 is 3.47. The molecule has 18 heavy (non-hydrogen) atoms. The minimum Gasteiger partial charge on any atom is -0.396 e. The molecule has 0 fully saturated rings. The topological polar surface area (TPSA) is 20.2 Å². The fourth-order valence-electron chi connectivity index (χ4n) is 3.10. The van der Waals surface area contributed by atoms with E-state index in [-0.39, 0.29) is 12.0 Å². The smallest absolute Gasteiger partial charge is 0.0468 e. The zero-order chi connectivity index (χ0) is 13.6. The van der Waals surface area contributed by atoms with Crippen molar-refractivity contribution in [2.45, 2.75) is 52.9 Å². The van der Waals surface area contributed by atoms with Gasteiger partial charge in [0.05, 0.1) is 0 Å². The lowest BCUT2D eigenvalue weighted by atomic mass is 9.64. The van der Waals surface area contributed by atoms with Crippen LogP contribution in [-0.4, -0.2) is 17.0 Å². The second kappa shape index (κ2) is 7.49. The average Bonchev–Trinajstić information content (AvgIpc) is 2.32. The Kier molecular flexibility index (Phi) is 6.65. The third-order valence-electron chi connectivity index (χ3n) is 4.28. The zero-order valence-electron chi connectivity index (χ0n) is 12.0. The van der Waals surface area contributed by atoms with Crippen molar-refractivity contribution in [1.29, 1.82) is 0 Å². The maximum absolute atomic E-state index is 9.24. The lowest BCUT2D eigenvalue weighted by Crippen LogP contribution is -2.30. The van der Waals surface area contributed by atoms with Gasteiger partial charge in [-0.25, -0.2) is 0 Å². The van der Waals surface area contributed by atoms with Crippen molar-refractivity contribution in [3.8, 4) is 0 Å². The van der Waals surface area contributed by atoms with E-state index in [1.165, 1.54) is 30.4 Å². The van der Waals surface area contributed by atoms with Crippen molar-refractivity contribution in [3.05, 3.63) is 23.3 Å². The molecule has 1 aliphatic carbocycles. The monoisotopic (exact) mass is 314 g/mol. The lowest BCUT2D eigenvalue weighted by molar-refractivity contribution is 0.240. The minimum atomic E-state index is 0.204. The van der Waals surface area contributed by atoms with Crippen LogP contribution in [0.1, 0.15) is 52.9 Å². The van der Waals surface area contributed by atoms with Gasteiger partial charge in [-0.15, -0.1) is 0 Å². The first-order valence-corrected chi connectivity index (χ1v) is 8.18. The van der Waals surface area contributed by atoms with Gasteiger partial charge in [0.2, 0.25) is 0 Å². The van der Waals surface area contributed by atoms with Crippen molar-refractivity contribution in [3.63, 3.8) is 0 Å². The standard InChI is InChI=1S/C16H27BrO/c1-13-8-9-14(7-5-4-6-11-17)16(2,3)15(13)10-12-18/h5,7,14,18H,4,6,8-12H2,1-3H3/b7-5-. The van der Waals surface area contributed by atoms with Crippen LogP contribution >= 0.6 is 15.9 Å². The summed E-state index contributed by atoms with van der Waals surface area (Å²) in [5.74, 6) is 0.623. The number of hydrogen-bond donors (Lipinski definition) is 1. The largest absolute Gasteiger partial charge is 0.396 e. The molecule has 1 unspecified atom stereocenters. The molecule has 1 atom stereocenters. The van der Waals surface area contributed by atoms with Crippen molar-refractivity contribution < 1.29 is 5.11 Å². The number of alkyl halides is 1.